The van der Waals surface area contributed by atoms with E-state index in [0.717, 1.165) is 12.1 Å². The molecular formula is C12H11ClF2N4O. The number of carbonyl (C=O) groups is 1. The lowest BCUT2D eigenvalue weighted by molar-refractivity contribution is 0.251. The molecule has 2 aromatic rings. The Kier molecular flexibility index (Phi) is 4.19. The number of carbonyl (C=O) groups excluding carboxylic acids is 1. The summed E-state index contributed by atoms with van der Waals surface area (Å²) in [6, 6.07) is 2.23. The fourth-order valence-corrected chi connectivity index (χ4v) is 1.79. The number of aromatic nitrogens is 2. The Morgan fingerprint density at radius 3 is 2.80 bits per heavy atom. The first-order valence-corrected chi connectivity index (χ1v) is 6.01. The molecule has 2 amide bonds. The lowest BCUT2D eigenvalue weighted by atomic mass is 10.3. The maximum Gasteiger partial charge on any atom is 0.319 e. The average molecular weight is 301 g/mol. The molecule has 0 unspecified atom stereocenters. The summed E-state index contributed by atoms with van der Waals surface area (Å²) in [4.78, 5) is 11.6. The third-order valence-corrected chi connectivity index (χ3v) is 2.77. The van der Waals surface area contributed by atoms with Gasteiger partial charge in [0.25, 0.3) is 0 Å². The minimum Gasteiger partial charge on any atom is -0.332 e. The second kappa shape index (κ2) is 5.87. The van der Waals surface area contributed by atoms with Crippen molar-refractivity contribution in [2.75, 3.05) is 5.32 Å². The van der Waals surface area contributed by atoms with E-state index in [1.165, 1.54) is 4.68 Å². The highest BCUT2D eigenvalue weighted by Gasteiger charge is 2.10. The van der Waals surface area contributed by atoms with Crippen LogP contribution in [0.5, 0.6) is 0 Å². The number of nitrogens with one attached hydrogen (secondary N) is 2. The molecule has 2 N–H and O–H groups in total. The van der Waals surface area contributed by atoms with Gasteiger partial charge < -0.3 is 10.6 Å². The normalized spacial score (nSPS) is 10.4. The maximum atomic E-state index is 13.3. The number of rotatable bonds is 3. The van der Waals surface area contributed by atoms with E-state index in [1.54, 1.807) is 13.2 Å². The number of nitrogens with zero attached hydrogens (tertiary/aromatic N) is 2. The number of aryl methyl sites for hydroxylation is 1. The molecule has 0 atom stereocenters. The molecule has 0 fully saturated rings. The molecule has 0 bridgehead atoms. The van der Waals surface area contributed by atoms with Gasteiger partial charge in [0.1, 0.15) is 17.3 Å². The number of hydrogen-bond donors (Lipinski definition) is 2. The van der Waals surface area contributed by atoms with E-state index in [9.17, 15) is 13.6 Å². The number of halogens is 3. The summed E-state index contributed by atoms with van der Waals surface area (Å²) in [7, 11) is 1.70. The summed E-state index contributed by atoms with van der Waals surface area (Å²) < 4.78 is 27.5. The van der Waals surface area contributed by atoms with E-state index < -0.39 is 17.7 Å². The molecular weight excluding hydrogens is 290 g/mol. The number of hydrogen-bond acceptors (Lipinski definition) is 2. The fraction of sp³-hybridized carbons (Fsp3) is 0.167. The zero-order valence-electron chi connectivity index (χ0n) is 10.5. The highest BCUT2D eigenvalue weighted by Crippen LogP contribution is 2.15. The first-order chi connectivity index (χ1) is 9.45. The van der Waals surface area contributed by atoms with E-state index in [1.807, 2.05) is 0 Å². The molecule has 0 saturated heterocycles. The van der Waals surface area contributed by atoms with Crippen LogP contribution in [0.1, 0.15) is 5.69 Å². The minimum absolute atomic E-state index is 0.0916. The van der Waals surface area contributed by atoms with Gasteiger partial charge in [-0.15, -0.1) is 0 Å². The van der Waals surface area contributed by atoms with Crippen LogP contribution in [-0.4, -0.2) is 15.8 Å². The average Bonchev–Trinajstić information content (AvgIpc) is 2.69. The molecule has 0 aliphatic heterocycles. The van der Waals surface area contributed by atoms with Crippen LogP contribution in [0.25, 0.3) is 0 Å². The van der Waals surface area contributed by atoms with Crippen molar-refractivity contribution in [3.8, 4) is 0 Å². The number of benzene rings is 1. The van der Waals surface area contributed by atoms with Crippen molar-refractivity contribution in [2.24, 2.45) is 7.05 Å². The molecule has 1 heterocycles. The van der Waals surface area contributed by atoms with Gasteiger partial charge in [-0.25, -0.2) is 13.6 Å². The molecule has 1 aromatic heterocycles. The van der Waals surface area contributed by atoms with E-state index in [4.69, 9.17) is 11.6 Å². The molecule has 0 aliphatic carbocycles. The summed E-state index contributed by atoms with van der Waals surface area (Å²) in [6.07, 6.45) is 1.59. The quantitative estimate of drug-likeness (QED) is 0.915. The Bertz CT molecular complexity index is 644. The van der Waals surface area contributed by atoms with Crippen molar-refractivity contribution in [1.82, 2.24) is 15.1 Å². The summed E-state index contributed by atoms with van der Waals surface area (Å²) >= 11 is 5.87. The molecule has 0 aliphatic rings. The molecule has 0 spiro atoms. The Morgan fingerprint density at radius 2 is 2.20 bits per heavy atom. The minimum atomic E-state index is -0.851. The first-order valence-electron chi connectivity index (χ1n) is 5.63. The summed E-state index contributed by atoms with van der Waals surface area (Å²) in [5.41, 5.74) is 0.375. The van der Waals surface area contributed by atoms with Crippen LogP contribution in [0.2, 0.25) is 5.02 Å². The predicted octanol–water partition coefficient (Wildman–Crippen LogP) is 2.67. The van der Waals surface area contributed by atoms with E-state index in [0.29, 0.717) is 16.8 Å². The molecule has 1 aromatic carbocycles. The zero-order chi connectivity index (χ0) is 14.7. The van der Waals surface area contributed by atoms with Crippen LogP contribution >= 0.6 is 11.6 Å². The van der Waals surface area contributed by atoms with Gasteiger partial charge in [-0.3, -0.25) is 4.68 Å². The number of anilines is 1. The second-order valence-electron chi connectivity index (χ2n) is 4.03. The monoisotopic (exact) mass is 300 g/mol. The van der Waals surface area contributed by atoms with Gasteiger partial charge in [0, 0.05) is 19.3 Å². The topological polar surface area (TPSA) is 59.0 Å². The van der Waals surface area contributed by atoms with Crippen LogP contribution in [0.15, 0.2) is 24.4 Å². The van der Waals surface area contributed by atoms with Crippen LogP contribution in [0, 0.1) is 11.6 Å². The Labute approximate surface area is 118 Å². The molecule has 20 heavy (non-hydrogen) atoms. The van der Waals surface area contributed by atoms with Crippen molar-refractivity contribution in [1.29, 1.82) is 0 Å². The van der Waals surface area contributed by atoms with Gasteiger partial charge in [0.2, 0.25) is 0 Å². The molecule has 0 saturated carbocycles. The third kappa shape index (κ3) is 3.45. The molecule has 5 nitrogen and oxygen atoms in total. The summed E-state index contributed by atoms with van der Waals surface area (Å²) in [5, 5.41) is 9.19. The van der Waals surface area contributed by atoms with E-state index in [2.05, 4.69) is 15.7 Å². The highest BCUT2D eigenvalue weighted by molar-refractivity contribution is 6.31. The van der Waals surface area contributed by atoms with Crippen molar-refractivity contribution < 1.29 is 13.6 Å². The largest absolute Gasteiger partial charge is 0.332 e. The van der Waals surface area contributed by atoms with Crippen LogP contribution < -0.4 is 10.6 Å². The molecule has 8 heteroatoms. The highest BCUT2D eigenvalue weighted by atomic mass is 35.5. The Morgan fingerprint density at radius 1 is 1.45 bits per heavy atom. The SMILES string of the molecule is Cn1cc(Cl)c(CNC(=O)Nc2ccc(F)cc2F)n1. The van der Waals surface area contributed by atoms with Gasteiger partial charge in [0.15, 0.2) is 0 Å². The van der Waals surface area contributed by atoms with Crippen LogP contribution in [-0.2, 0) is 13.6 Å². The van der Waals surface area contributed by atoms with Gasteiger partial charge in [0.05, 0.1) is 17.3 Å². The Balaban J connectivity index is 1.94. The van der Waals surface area contributed by atoms with Crippen molar-refractivity contribution in [3.05, 3.63) is 46.7 Å². The summed E-state index contributed by atoms with van der Waals surface area (Å²) in [5.74, 6) is -1.57. The second-order valence-corrected chi connectivity index (χ2v) is 4.44. The smallest absolute Gasteiger partial charge is 0.319 e. The van der Waals surface area contributed by atoms with Gasteiger partial charge in [-0.1, -0.05) is 11.6 Å². The van der Waals surface area contributed by atoms with E-state index in [-0.39, 0.29) is 12.2 Å². The number of amides is 2. The standard InChI is InChI=1S/C12H11ClF2N4O/c1-19-6-8(13)11(18-19)5-16-12(20)17-10-3-2-7(14)4-9(10)15/h2-4,6H,5H2,1H3,(H2,16,17,20). The lowest BCUT2D eigenvalue weighted by Crippen LogP contribution is -2.28. The Hall–Kier alpha value is -2.15. The lowest BCUT2D eigenvalue weighted by Gasteiger charge is -2.07. The maximum absolute atomic E-state index is 13.3. The van der Waals surface area contributed by atoms with Gasteiger partial charge >= 0.3 is 6.03 Å². The van der Waals surface area contributed by atoms with Crippen LogP contribution in [0.3, 0.4) is 0 Å². The third-order valence-electron chi connectivity index (χ3n) is 2.45. The van der Waals surface area contributed by atoms with Gasteiger partial charge in [-0.2, -0.15) is 5.10 Å². The van der Waals surface area contributed by atoms with Gasteiger partial charge in [-0.05, 0) is 12.1 Å². The van der Waals surface area contributed by atoms with Crippen molar-refractivity contribution in [3.63, 3.8) is 0 Å². The molecule has 2 rings (SSSR count). The van der Waals surface area contributed by atoms with Crippen molar-refractivity contribution >= 4 is 23.3 Å². The predicted molar refractivity (Wildman–Crippen MR) is 70.4 cm³/mol. The molecule has 106 valence electrons. The van der Waals surface area contributed by atoms with Crippen LogP contribution in [0.4, 0.5) is 19.3 Å². The first kappa shape index (κ1) is 14.3. The van der Waals surface area contributed by atoms with E-state index >= 15 is 0 Å². The number of urea groups is 1. The summed E-state index contributed by atoms with van der Waals surface area (Å²) in [6.45, 7) is 0.0916. The fourth-order valence-electron chi connectivity index (χ4n) is 1.55. The van der Waals surface area contributed by atoms with Crippen molar-refractivity contribution in [2.45, 2.75) is 6.54 Å². The molecule has 0 radical (unpaired) electrons. The zero-order valence-corrected chi connectivity index (χ0v) is 11.2.